The molecule has 2 amide bonds. The van der Waals surface area contributed by atoms with Crippen LogP contribution in [0.15, 0.2) is 66.7 Å². The number of carbonyl (C=O) groups is 2. The van der Waals surface area contributed by atoms with Crippen molar-refractivity contribution < 1.29 is 27.8 Å². The van der Waals surface area contributed by atoms with E-state index in [1.807, 2.05) is 0 Å². The van der Waals surface area contributed by atoms with Crippen LogP contribution in [0, 0.1) is 11.6 Å². The van der Waals surface area contributed by atoms with Gasteiger partial charge in [-0.3, -0.25) is 9.59 Å². The molecule has 11 heteroatoms. The summed E-state index contributed by atoms with van der Waals surface area (Å²) in [6.07, 6.45) is 0. The number of hydrogen-bond donors (Lipinski definition) is 4. The minimum absolute atomic E-state index is 0.0180. The average Bonchev–Trinajstić information content (AvgIpc) is 3.45. The second kappa shape index (κ2) is 9.55. The minimum atomic E-state index is -0.609. The van der Waals surface area contributed by atoms with Crippen LogP contribution in [-0.4, -0.2) is 18.6 Å². The fourth-order valence-electron chi connectivity index (χ4n) is 3.48. The number of benzene rings is 3. The summed E-state index contributed by atoms with van der Waals surface area (Å²) in [5.41, 5.74) is 7.52. The van der Waals surface area contributed by atoms with Crippen molar-refractivity contribution in [3.8, 4) is 11.5 Å². The van der Waals surface area contributed by atoms with Crippen molar-refractivity contribution >= 4 is 50.9 Å². The van der Waals surface area contributed by atoms with E-state index in [4.69, 9.17) is 15.2 Å². The number of nitrogen functional groups attached to an aromatic ring is 1. The number of anilines is 5. The summed E-state index contributed by atoms with van der Waals surface area (Å²) in [5, 5.41) is 8.69. The van der Waals surface area contributed by atoms with E-state index in [2.05, 4.69) is 16.0 Å². The van der Waals surface area contributed by atoms with E-state index in [1.54, 1.807) is 18.2 Å². The molecule has 182 valence electrons. The highest BCUT2D eigenvalue weighted by atomic mass is 32.1. The van der Waals surface area contributed by atoms with Crippen LogP contribution in [0.5, 0.6) is 11.5 Å². The molecule has 1 aliphatic heterocycles. The highest BCUT2D eigenvalue weighted by Crippen LogP contribution is 2.39. The molecule has 36 heavy (non-hydrogen) atoms. The zero-order valence-electron chi connectivity index (χ0n) is 18.4. The Hall–Kier alpha value is -4.64. The highest BCUT2D eigenvalue weighted by molar-refractivity contribution is 7.19. The molecule has 0 aliphatic carbocycles. The molecule has 0 bridgehead atoms. The van der Waals surface area contributed by atoms with Gasteiger partial charge in [-0.15, -0.1) is 11.3 Å². The molecule has 0 spiro atoms. The van der Waals surface area contributed by atoms with Crippen molar-refractivity contribution in [2.24, 2.45) is 0 Å². The van der Waals surface area contributed by atoms with Gasteiger partial charge in [0, 0.05) is 23.1 Å². The maximum absolute atomic E-state index is 13.4. The molecule has 5 N–H and O–H groups in total. The first kappa shape index (κ1) is 23.1. The maximum Gasteiger partial charge on any atom is 0.267 e. The zero-order chi connectivity index (χ0) is 25.2. The third-order valence-corrected chi connectivity index (χ3v) is 6.33. The van der Waals surface area contributed by atoms with Gasteiger partial charge in [-0.2, -0.15) is 0 Å². The Morgan fingerprint density at radius 2 is 1.36 bits per heavy atom. The summed E-state index contributed by atoms with van der Waals surface area (Å²) >= 11 is 0.961. The minimum Gasteiger partial charge on any atom is -0.454 e. The van der Waals surface area contributed by atoms with Crippen LogP contribution in [-0.2, 0) is 0 Å². The molecule has 1 aliphatic rings. The van der Waals surface area contributed by atoms with Gasteiger partial charge in [-0.1, -0.05) is 0 Å². The number of rotatable bonds is 6. The summed E-state index contributed by atoms with van der Waals surface area (Å²) in [5.74, 6) is -0.978. The van der Waals surface area contributed by atoms with Gasteiger partial charge in [0.05, 0.1) is 11.3 Å². The van der Waals surface area contributed by atoms with Gasteiger partial charge in [0.15, 0.2) is 11.5 Å². The first-order valence-corrected chi connectivity index (χ1v) is 11.4. The van der Waals surface area contributed by atoms with Gasteiger partial charge >= 0.3 is 0 Å². The van der Waals surface area contributed by atoms with Crippen LogP contribution in [0.4, 0.5) is 36.5 Å². The number of thiophene rings is 1. The summed E-state index contributed by atoms with van der Waals surface area (Å²) in [7, 11) is 0. The van der Waals surface area contributed by atoms with Gasteiger partial charge in [0.25, 0.3) is 11.8 Å². The third-order valence-electron chi connectivity index (χ3n) is 5.21. The second-order valence-electron chi connectivity index (χ2n) is 7.66. The topological polar surface area (TPSA) is 115 Å². The van der Waals surface area contributed by atoms with E-state index in [1.165, 1.54) is 48.5 Å². The second-order valence-corrected chi connectivity index (χ2v) is 8.68. The molecule has 0 radical (unpaired) electrons. The third kappa shape index (κ3) is 4.77. The highest BCUT2D eigenvalue weighted by Gasteiger charge is 2.26. The number of fused-ring (bicyclic) bond motifs is 1. The molecule has 0 unspecified atom stereocenters. The largest absolute Gasteiger partial charge is 0.454 e. The molecule has 0 atom stereocenters. The van der Waals surface area contributed by atoms with E-state index >= 15 is 0 Å². The van der Waals surface area contributed by atoms with E-state index in [-0.39, 0.29) is 27.9 Å². The van der Waals surface area contributed by atoms with E-state index in [0.29, 0.717) is 28.6 Å². The zero-order valence-corrected chi connectivity index (χ0v) is 19.2. The molecule has 3 aromatic carbocycles. The van der Waals surface area contributed by atoms with Crippen molar-refractivity contribution in [3.63, 3.8) is 0 Å². The lowest BCUT2D eigenvalue weighted by Gasteiger charge is -2.09. The summed E-state index contributed by atoms with van der Waals surface area (Å²) in [6, 6.07) is 15.6. The van der Waals surface area contributed by atoms with Crippen molar-refractivity contribution in [2.45, 2.75) is 0 Å². The SMILES string of the molecule is Nc1c(C(=O)Nc2ccc3c(c2)OCO3)sc(Nc2ccc(F)cc2)c1C(=O)Nc1ccc(F)cc1. The van der Waals surface area contributed by atoms with Crippen molar-refractivity contribution in [3.05, 3.63) is 88.8 Å². The Labute approximate surface area is 207 Å². The Balaban J connectivity index is 1.46. The molecule has 5 rings (SSSR count). The number of carbonyl (C=O) groups excluding carboxylic acids is 2. The van der Waals surface area contributed by atoms with Gasteiger partial charge in [-0.25, -0.2) is 8.78 Å². The molecular formula is C25H18F2N4O4S. The molecule has 0 fully saturated rings. The lowest BCUT2D eigenvalue weighted by molar-refractivity contribution is 0.102. The monoisotopic (exact) mass is 508 g/mol. The van der Waals surface area contributed by atoms with Crippen LogP contribution in [0.25, 0.3) is 0 Å². The maximum atomic E-state index is 13.4. The lowest BCUT2D eigenvalue weighted by Crippen LogP contribution is -2.16. The van der Waals surface area contributed by atoms with Crippen LogP contribution >= 0.6 is 11.3 Å². The van der Waals surface area contributed by atoms with Gasteiger partial charge in [-0.05, 0) is 60.7 Å². The fraction of sp³-hybridized carbons (Fsp3) is 0.0400. The predicted molar refractivity (Wildman–Crippen MR) is 133 cm³/mol. The Morgan fingerprint density at radius 1 is 0.778 bits per heavy atom. The number of ether oxygens (including phenoxy) is 2. The van der Waals surface area contributed by atoms with Crippen LogP contribution < -0.4 is 31.2 Å². The Morgan fingerprint density at radius 3 is 2.06 bits per heavy atom. The predicted octanol–water partition coefficient (Wildman–Crippen LogP) is 5.59. The summed E-state index contributed by atoms with van der Waals surface area (Å²) in [6.45, 7) is 0.0928. The Kier molecular flexibility index (Phi) is 6.13. The molecule has 1 aromatic heterocycles. The number of amides is 2. The van der Waals surface area contributed by atoms with Crippen LogP contribution in [0.1, 0.15) is 20.0 Å². The first-order valence-electron chi connectivity index (χ1n) is 10.6. The molecule has 2 heterocycles. The number of hydrogen-bond acceptors (Lipinski definition) is 7. The molecule has 8 nitrogen and oxygen atoms in total. The fourth-order valence-corrected chi connectivity index (χ4v) is 4.51. The quantitative estimate of drug-likeness (QED) is 0.270. The lowest BCUT2D eigenvalue weighted by atomic mass is 10.2. The molecule has 4 aromatic rings. The standard InChI is InChI=1S/C25H18F2N4O4S/c26-13-1-5-15(6-2-13)29-23(32)20-21(28)22(36-25(20)31-16-7-3-14(27)4-8-16)24(33)30-17-9-10-18-19(11-17)35-12-34-18/h1-11,31H,12,28H2,(H,29,32)(H,30,33). The molecule has 0 saturated heterocycles. The van der Waals surface area contributed by atoms with Gasteiger partial charge in [0.1, 0.15) is 21.5 Å². The summed E-state index contributed by atoms with van der Waals surface area (Å²) in [4.78, 5) is 26.4. The number of nitrogens with two attached hydrogens (primary N) is 1. The smallest absolute Gasteiger partial charge is 0.267 e. The Bertz CT molecular complexity index is 1460. The van der Waals surface area contributed by atoms with Crippen molar-refractivity contribution in [1.82, 2.24) is 0 Å². The number of nitrogens with one attached hydrogen (secondary N) is 3. The normalized spacial score (nSPS) is 11.7. The van der Waals surface area contributed by atoms with Crippen molar-refractivity contribution in [2.75, 3.05) is 28.5 Å². The van der Waals surface area contributed by atoms with Gasteiger partial charge < -0.3 is 31.2 Å². The van der Waals surface area contributed by atoms with E-state index < -0.39 is 23.4 Å². The van der Waals surface area contributed by atoms with Gasteiger partial charge in [0.2, 0.25) is 6.79 Å². The average molecular weight is 509 g/mol. The van der Waals surface area contributed by atoms with E-state index in [9.17, 15) is 18.4 Å². The first-order chi connectivity index (χ1) is 17.4. The van der Waals surface area contributed by atoms with Crippen molar-refractivity contribution in [1.29, 1.82) is 0 Å². The molecular weight excluding hydrogens is 490 g/mol. The van der Waals surface area contributed by atoms with Crippen LogP contribution in [0.2, 0.25) is 0 Å². The van der Waals surface area contributed by atoms with E-state index in [0.717, 1.165) is 11.3 Å². The molecule has 0 saturated carbocycles. The van der Waals surface area contributed by atoms with Crippen LogP contribution in [0.3, 0.4) is 0 Å². The summed E-state index contributed by atoms with van der Waals surface area (Å²) < 4.78 is 37.2. The number of halogens is 2.